The third-order valence-corrected chi connectivity index (χ3v) is 3.27. The molecule has 0 aromatic heterocycles. The Morgan fingerprint density at radius 2 is 2.28 bits per heavy atom. The molecule has 0 aromatic carbocycles. The number of amides is 3. The first-order valence-corrected chi connectivity index (χ1v) is 5.96. The molecule has 0 radical (unpaired) electrons. The van der Waals surface area contributed by atoms with Crippen molar-refractivity contribution >= 4 is 36.6 Å². The number of rotatable bonds is 6. The highest BCUT2D eigenvalue weighted by molar-refractivity contribution is 7.80. The monoisotopic (exact) mass is 273 g/mol. The maximum atomic E-state index is 11.9. The molecule has 0 saturated carbocycles. The van der Waals surface area contributed by atoms with Crippen LogP contribution in [0.3, 0.4) is 0 Å². The molecule has 0 bridgehead atoms. The molecular formula is C10H15N3O4S. The summed E-state index contributed by atoms with van der Waals surface area (Å²) in [6.07, 6.45) is 0.613. The summed E-state index contributed by atoms with van der Waals surface area (Å²) in [5.74, 6) is -1.47. The summed E-state index contributed by atoms with van der Waals surface area (Å²) in [6, 6.07) is -1.29. The van der Waals surface area contributed by atoms with Gasteiger partial charge in [0.2, 0.25) is 17.7 Å². The van der Waals surface area contributed by atoms with Gasteiger partial charge in [0.05, 0.1) is 18.5 Å². The molecule has 0 aromatic rings. The van der Waals surface area contributed by atoms with Crippen LogP contribution >= 0.6 is 12.6 Å². The molecular weight excluding hydrogens is 258 g/mol. The summed E-state index contributed by atoms with van der Waals surface area (Å²) >= 11 is 4.00. The SMILES string of the molecule is CN(C1CC(=O)N(CC(N)=O)C1=O)[C@H](C=O)CS. The van der Waals surface area contributed by atoms with Gasteiger partial charge in [0.25, 0.3) is 0 Å². The van der Waals surface area contributed by atoms with E-state index in [0.717, 1.165) is 4.90 Å². The van der Waals surface area contributed by atoms with Crippen molar-refractivity contribution in [2.24, 2.45) is 5.73 Å². The van der Waals surface area contributed by atoms with Crippen LogP contribution in [0.25, 0.3) is 0 Å². The van der Waals surface area contributed by atoms with Crippen molar-refractivity contribution in [1.29, 1.82) is 0 Å². The minimum absolute atomic E-state index is 0.0548. The van der Waals surface area contributed by atoms with E-state index >= 15 is 0 Å². The number of thiol groups is 1. The summed E-state index contributed by atoms with van der Waals surface area (Å²) in [7, 11) is 1.57. The molecule has 1 unspecified atom stereocenters. The standard InChI is InChI=1S/C10H15N3O4S/c1-12(6(4-14)5-18)7-2-9(16)13(10(7)17)3-8(11)15/h4,6-7,18H,2-3,5H2,1H3,(H2,11,15)/t6-,7?/m1/s1. The molecule has 2 atom stereocenters. The number of carbonyl (C=O) groups is 4. The van der Waals surface area contributed by atoms with Gasteiger partial charge in [-0.25, -0.2) is 0 Å². The minimum Gasteiger partial charge on any atom is -0.368 e. The average molecular weight is 273 g/mol. The molecule has 1 aliphatic rings. The Bertz CT molecular complexity index is 387. The molecule has 7 nitrogen and oxygen atoms in total. The zero-order valence-corrected chi connectivity index (χ0v) is 10.8. The van der Waals surface area contributed by atoms with Gasteiger partial charge in [0, 0.05) is 5.75 Å². The van der Waals surface area contributed by atoms with Gasteiger partial charge in [-0.1, -0.05) is 0 Å². The van der Waals surface area contributed by atoms with E-state index in [0.29, 0.717) is 6.29 Å². The summed E-state index contributed by atoms with van der Waals surface area (Å²) in [4.78, 5) is 47.4. The number of likely N-dealkylation sites (N-methyl/N-ethyl adjacent to an activating group) is 1. The molecule has 0 aliphatic carbocycles. The Morgan fingerprint density at radius 1 is 1.67 bits per heavy atom. The fourth-order valence-electron chi connectivity index (χ4n) is 1.80. The van der Waals surface area contributed by atoms with Crippen LogP contribution in [-0.2, 0) is 19.2 Å². The predicted octanol–water partition coefficient (Wildman–Crippen LogP) is -1.97. The fraction of sp³-hybridized carbons (Fsp3) is 0.600. The predicted molar refractivity (Wildman–Crippen MR) is 65.8 cm³/mol. The van der Waals surface area contributed by atoms with E-state index in [9.17, 15) is 19.2 Å². The summed E-state index contributed by atoms with van der Waals surface area (Å²) in [5, 5.41) is 0. The number of nitrogens with zero attached hydrogens (tertiary/aromatic N) is 2. The zero-order valence-electron chi connectivity index (χ0n) is 9.91. The Morgan fingerprint density at radius 3 is 2.72 bits per heavy atom. The van der Waals surface area contributed by atoms with E-state index in [4.69, 9.17) is 5.73 Å². The van der Waals surface area contributed by atoms with Crippen molar-refractivity contribution in [2.75, 3.05) is 19.3 Å². The third kappa shape index (κ3) is 2.88. The van der Waals surface area contributed by atoms with Gasteiger partial charge in [-0.3, -0.25) is 24.2 Å². The molecule has 0 spiro atoms. The molecule has 1 aliphatic heterocycles. The van der Waals surface area contributed by atoms with Gasteiger partial charge in [0.1, 0.15) is 12.8 Å². The zero-order chi connectivity index (χ0) is 13.9. The molecule has 3 amide bonds. The van der Waals surface area contributed by atoms with Crippen LogP contribution in [0.1, 0.15) is 6.42 Å². The summed E-state index contributed by atoms with van der Waals surface area (Å²) in [6.45, 7) is -0.422. The molecule has 18 heavy (non-hydrogen) atoms. The lowest BCUT2D eigenvalue weighted by Gasteiger charge is -2.26. The number of hydrogen-bond acceptors (Lipinski definition) is 6. The number of imide groups is 1. The normalized spacial score (nSPS) is 21.5. The van der Waals surface area contributed by atoms with Gasteiger partial charge in [0.15, 0.2) is 0 Å². The van der Waals surface area contributed by atoms with Crippen LogP contribution < -0.4 is 5.73 Å². The lowest BCUT2D eigenvalue weighted by molar-refractivity contribution is -0.142. The van der Waals surface area contributed by atoms with E-state index in [1.54, 1.807) is 7.05 Å². The molecule has 1 fully saturated rings. The number of nitrogens with two attached hydrogens (primary N) is 1. The molecule has 1 heterocycles. The maximum Gasteiger partial charge on any atom is 0.247 e. The van der Waals surface area contributed by atoms with Crippen LogP contribution in [0, 0.1) is 0 Å². The van der Waals surface area contributed by atoms with Crippen molar-refractivity contribution < 1.29 is 19.2 Å². The molecule has 100 valence electrons. The number of primary amides is 1. The number of hydrogen-bond donors (Lipinski definition) is 2. The van der Waals surface area contributed by atoms with Crippen molar-refractivity contribution in [3.63, 3.8) is 0 Å². The van der Waals surface area contributed by atoms with Crippen molar-refractivity contribution in [2.45, 2.75) is 18.5 Å². The third-order valence-electron chi connectivity index (χ3n) is 2.89. The Balaban J connectivity index is 2.81. The highest BCUT2D eigenvalue weighted by atomic mass is 32.1. The van der Waals surface area contributed by atoms with Gasteiger partial charge >= 0.3 is 0 Å². The van der Waals surface area contributed by atoms with Gasteiger partial charge < -0.3 is 10.5 Å². The number of likely N-dealkylation sites (tertiary alicyclic amines) is 1. The van der Waals surface area contributed by atoms with E-state index in [2.05, 4.69) is 12.6 Å². The highest BCUT2D eigenvalue weighted by Crippen LogP contribution is 2.19. The van der Waals surface area contributed by atoms with Gasteiger partial charge in [-0.15, -0.1) is 0 Å². The molecule has 1 saturated heterocycles. The second-order valence-corrected chi connectivity index (χ2v) is 4.42. The largest absolute Gasteiger partial charge is 0.368 e. The first kappa shape index (κ1) is 14.7. The van der Waals surface area contributed by atoms with Gasteiger partial charge in [-0.2, -0.15) is 12.6 Å². The summed E-state index contributed by atoms with van der Waals surface area (Å²) < 4.78 is 0. The van der Waals surface area contributed by atoms with Crippen molar-refractivity contribution in [3.8, 4) is 0 Å². The van der Waals surface area contributed by atoms with Crippen LogP contribution in [0.2, 0.25) is 0 Å². The molecule has 2 N–H and O–H groups in total. The van der Waals surface area contributed by atoms with E-state index in [-0.39, 0.29) is 12.2 Å². The lowest BCUT2D eigenvalue weighted by Crippen LogP contribution is -2.47. The summed E-state index contributed by atoms with van der Waals surface area (Å²) in [5.41, 5.74) is 4.96. The maximum absolute atomic E-state index is 11.9. The number of carbonyl (C=O) groups excluding carboxylic acids is 4. The van der Waals surface area contributed by atoms with Crippen molar-refractivity contribution in [1.82, 2.24) is 9.80 Å². The second kappa shape index (κ2) is 5.96. The first-order chi connectivity index (χ1) is 8.42. The van der Waals surface area contributed by atoms with Crippen LogP contribution in [0.15, 0.2) is 0 Å². The highest BCUT2D eigenvalue weighted by Gasteiger charge is 2.42. The van der Waals surface area contributed by atoms with E-state index in [1.807, 2.05) is 0 Å². The van der Waals surface area contributed by atoms with Crippen molar-refractivity contribution in [3.05, 3.63) is 0 Å². The van der Waals surface area contributed by atoms with Gasteiger partial charge in [-0.05, 0) is 7.05 Å². The average Bonchev–Trinajstić information content (AvgIpc) is 2.58. The lowest BCUT2D eigenvalue weighted by atomic mass is 10.2. The molecule has 8 heteroatoms. The first-order valence-electron chi connectivity index (χ1n) is 5.33. The smallest absolute Gasteiger partial charge is 0.247 e. The topological polar surface area (TPSA) is 101 Å². The van der Waals surface area contributed by atoms with E-state index in [1.165, 1.54) is 4.90 Å². The van der Waals surface area contributed by atoms with Crippen LogP contribution in [0.4, 0.5) is 0 Å². The van der Waals surface area contributed by atoms with Crippen LogP contribution in [-0.4, -0.2) is 65.2 Å². The minimum atomic E-state index is -0.749. The second-order valence-electron chi connectivity index (χ2n) is 4.06. The Kier molecular flexibility index (Phi) is 4.85. The quantitative estimate of drug-likeness (QED) is 0.332. The Hall–Kier alpha value is -1.41. The number of aldehydes is 1. The Labute approximate surface area is 110 Å². The fourth-order valence-corrected chi connectivity index (χ4v) is 2.15. The van der Waals surface area contributed by atoms with E-state index < -0.39 is 36.3 Å². The molecule has 1 rings (SSSR count). The van der Waals surface area contributed by atoms with Crippen LogP contribution in [0.5, 0.6) is 0 Å².